The van der Waals surface area contributed by atoms with Gasteiger partial charge < -0.3 is 5.32 Å². The van der Waals surface area contributed by atoms with Gasteiger partial charge >= 0.3 is 6.18 Å². The molecule has 0 aliphatic carbocycles. The second-order valence-electron chi connectivity index (χ2n) is 6.78. The number of halogens is 4. The first kappa shape index (κ1) is 20.4. The number of benzene rings is 1. The van der Waals surface area contributed by atoms with Crippen molar-refractivity contribution in [3.05, 3.63) is 52.1 Å². The molecule has 0 fully saturated rings. The van der Waals surface area contributed by atoms with Crippen molar-refractivity contribution >= 4 is 34.2 Å². The Kier molecular flexibility index (Phi) is 5.26. The van der Waals surface area contributed by atoms with Gasteiger partial charge in [-0.1, -0.05) is 0 Å². The fraction of sp³-hybridized carbons (Fsp3) is 0.278. The highest BCUT2D eigenvalue weighted by Gasteiger charge is 2.33. The third kappa shape index (κ3) is 4.05. The number of aromatic nitrogens is 4. The summed E-state index contributed by atoms with van der Waals surface area (Å²) in [5.41, 5.74) is -0.873. The maximum atomic E-state index is 13.2. The predicted molar refractivity (Wildman–Crippen MR) is 107 cm³/mol. The van der Waals surface area contributed by atoms with Gasteiger partial charge in [0.25, 0.3) is 5.91 Å². The molecule has 10 heteroatoms. The lowest BCUT2D eigenvalue weighted by atomic mass is 10.0. The summed E-state index contributed by atoms with van der Waals surface area (Å²) in [6, 6.07) is 3.21. The fourth-order valence-corrected chi connectivity index (χ4v) is 3.00. The number of aryl methyl sites for hydroxylation is 1. The lowest BCUT2D eigenvalue weighted by Crippen LogP contribution is -2.40. The molecule has 2 heterocycles. The molecule has 0 saturated carbocycles. The van der Waals surface area contributed by atoms with Gasteiger partial charge in [0.15, 0.2) is 0 Å². The molecule has 0 unspecified atom stereocenters. The smallest absolute Gasteiger partial charge is 0.323 e. The summed E-state index contributed by atoms with van der Waals surface area (Å²) in [4.78, 5) is 12.9. The van der Waals surface area contributed by atoms with Gasteiger partial charge in [-0.25, -0.2) is 0 Å². The second kappa shape index (κ2) is 7.22. The molecule has 148 valence electrons. The minimum atomic E-state index is -4.50. The molecule has 1 amide bonds. The zero-order valence-corrected chi connectivity index (χ0v) is 17.4. The van der Waals surface area contributed by atoms with E-state index < -0.39 is 23.2 Å². The van der Waals surface area contributed by atoms with E-state index in [1.807, 2.05) is 0 Å². The van der Waals surface area contributed by atoms with Crippen LogP contribution in [0.5, 0.6) is 0 Å². The molecule has 3 rings (SSSR count). The van der Waals surface area contributed by atoms with E-state index in [0.29, 0.717) is 5.56 Å². The van der Waals surface area contributed by atoms with Crippen molar-refractivity contribution in [1.29, 1.82) is 0 Å². The molecule has 2 aromatic heterocycles. The van der Waals surface area contributed by atoms with Crippen molar-refractivity contribution in [3.63, 3.8) is 0 Å². The Balaban J connectivity index is 2.00. The van der Waals surface area contributed by atoms with Crippen LogP contribution in [0.1, 0.15) is 19.4 Å². The molecule has 0 aliphatic heterocycles. The number of nitrogens with zero attached hydrogens (tertiary/aromatic N) is 4. The van der Waals surface area contributed by atoms with Crippen LogP contribution in [0.25, 0.3) is 11.1 Å². The molecule has 6 nitrogen and oxygen atoms in total. The van der Waals surface area contributed by atoms with Gasteiger partial charge in [0.05, 0.1) is 21.5 Å². The van der Waals surface area contributed by atoms with Crippen molar-refractivity contribution in [1.82, 2.24) is 19.6 Å². The molecule has 28 heavy (non-hydrogen) atoms. The first-order valence-electron chi connectivity index (χ1n) is 8.21. The maximum absolute atomic E-state index is 13.2. The monoisotopic (exact) mass is 503 g/mol. The van der Waals surface area contributed by atoms with Crippen molar-refractivity contribution < 1.29 is 18.0 Å². The van der Waals surface area contributed by atoms with Crippen LogP contribution in [0.3, 0.4) is 0 Å². The summed E-state index contributed by atoms with van der Waals surface area (Å²) in [5, 5.41) is 10.9. The summed E-state index contributed by atoms with van der Waals surface area (Å²) in [7, 11) is 1.66. The molecule has 0 saturated heterocycles. The average molecular weight is 503 g/mol. The number of alkyl halides is 3. The Morgan fingerprint density at radius 3 is 2.39 bits per heavy atom. The lowest BCUT2D eigenvalue weighted by Gasteiger charge is -2.25. The Morgan fingerprint density at radius 1 is 1.14 bits per heavy atom. The number of amides is 1. The van der Waals surface area contributed by atoms with Crippen LogP contribution in [-0.4, -0.2) is 25.5 Å². The van der Waals surface area contributed by atoms with E-state index in [4.69, 9.17) is 0 Å². The summed E-state index contributed by atoms with van der Waals surface area (Å²) < 4.78 is 43.4. The SMILES string of the molecule is Cn1cc(-c2cc(C(F)(F)F)ccc2NC(=O)C(C)(C)n2cc(I)cn2)cn1. The summed E-state index contributed by atoms with van der Waals surface area (Å²) in [6.07, 6.45) is 1.88. The molecular weight excluding hydrogens is 486 g/mol. The van der Waals surface area contributed by atoms with Crippen LogP contribution in [0.4, 0.5) is 18.9 Å². The number of carbonyl (C=O) groups is 1. The van der Waals surface area contributed by atoms with Gasteiger partial charge in [0.1, 0.15) is 5.54 Å². The highest BCUT2D eigenvalue weighted by Crippen LogP contribution is 2.36. The van der Waals surface area contributed by atoms with E-state index in [9.17, 15) is 18.0 Å². The topological polar surface area (TPSA) is 64.7 Å². The Hall–Kier alpha value is -2.37. The molecule has 0 aliphatic rings. The molecule has 1 N–H and O–H groups in total. The number of carbonyl (C=O) groups excluding carboxylic acids is 1. The molecule has 3 aromatic rings. The molecule has 0 bridgehead atoms. The van der Waals surface area contributed by atoms with Crippen molar-refractivity contribution in [2.24, 2.45) is 7.05 Å². The predicted octanol–water partition coefficient (Wildman–Crippen LogP) is 4.28. The summed E-state index contributed by atoms with van der Waals surface area (Å²) >= 11 is 2.08. The van der Waals surface area contributed by atoms with Crippen LogP contribution < -0.4 is 5.32 Å². The number of hydrogen-bond donors (Lipinski definition) is 1. The van der Waals surface area contributed by atoms with E-state index in [2.05, 4.69) is 38.1 Å². The first-order chi connectivity index (χ1) is 13.0. The van der Waals surface area contributed by atoms with E-state index >= 15 is 0 Å². The highest BCUT2D eigenvalue weighted by atomic mass is 127. The minimum absolute atomic E-state index is 0.238. The van der Waals surface area contributed by atoms with Crippen molar-refractivity contribution in [2.45, 2.75) is 25.6 Å². The molecule has 0 spiro atoms. The van der Waals surface area contributed by atoms with E-state index in [1.165, 1.54) is 21.6 Å². The van der Waals surface area contributed by atoms with E-state index in [1.54, 1.807) is 39.5 Å². The fourth-order valence-electron chi connectivity index (χ4n) is 2.61. The Labute approximate surface area is 172 Å². The zero-order chi connectivity index (χ0) is 20.7. The summed E-state index contributed by atoms with van der Waals surface area (Å²) in [5.74, 6) is -0.406. The number of anilines is 1. The van der Waals surface area contributed by atoms with Gasteiger partial charge in [-0.3, -0.25) is 14.2 Å². The molecule has 0 radical (unpaired) electrons. The van der Waals surface area contributed by atoms with Crippen LogP contribution in [0.15, 0.2) is 43.0 Å². The largest absolute Gasteiger partial charge is 0.416 e. The molecule has 1 aromatic carbocycles. The quantitative estimate of drug-likeness (QED) is 0.541. The minimum Gasteiger partial charge on any atom is -0.323 e. The molecular formula is C18H17F3IN5O. The van der Waals surface area contributed by atoms with Gasteiger partial charge in [0.2, 0.25) is 0 Å². The van der Waals surface area contributed by atoms with Gasteiger partial charge in [-0.05, 0) is 54.6 Å². The third-order valence-electron chi connectivity index (χ3n) is 4.29. The molecule has 0 atom stereocenters. The maximum Gasteiger partial charge on any atom is 0.416 e. The normalized spacial score (nSPS) is 12.2. The van der Waals surface area contributed by atoms with E-state index in [0.717, 1.165) is 15.7 Å². The number of rotatable bonds is 4. The Morgan fingerprint density at radius 2 is 1.86 bits per heavy atom. The van der Waals surface area contributed by atoms with Crippen LogP contribution >= 0.6 is 22.6 Å². The second-order valence-corrected chi connectivity index (χ2v) is 8.02. The van der Waals surface area contributed by atoms with Crippen molar-refractivity contribution in [3.8, 4) is 11.1 Å². The lowest BCUT2D eigenvalue weighted by molar-refractivity contribution is -0.137. The zero-order valence-electron chi connectivity index (χ0n) is 15.3. The van der Waals surface area contributed by atoms with Gasteiger partial charge in [-0.2, -0.15) is 23.4 Å². The summed E-state index contributed by atoms with van der Waals surface area (Å²) in [6.45, 7) is 3.36. The van der Waals surface area contributed by atoms with Crippen molar-refractivity contribution in [2.75, 3.05) is 5.32 Å². The third-order valence-corrected chi connectivity index (χ3v) is 4.85. The number of nitrogens with one attached hydrogen (secondary N) is 1. The standard InChI is InChI=1S/C18H17F3IN5O/c1-17(2,27-10-13(22)8-24-27)16(28)25-15-5-4-12(18(19,20)21)6-14(15)11-7-23-26(3)9-11/h4-10H,1-3H3,(H,25,28). The van der Waals surface area contributed by atoms with Gasteiger partial charge in [-0.15, -0.1) is 0 Å². The van der Waals surface area contributed by atoms with Crippen LogP contribution in [0, 0.1) is 3.57 Å². The van der Waals surface area contributed by atoms with Crippen LogP contribution in [-0.2, 0) is 23.6 Å². The average Bonchev–Trinajstić information content (AvgIpc) is 3.23. The first-order valence-corrected chi connectivity index (χ1v) is 9.29. The van der Waals surface area contributed by atoms with Gasteiger partial charge in [0, 0.05) is 36.3 Å². The highest BCUT2D eigenvalue weighted by molar-refractivity contribution is 14.1. The van der Waals surface area contributed by atoms with Crippen LogP contribution in [0.2, 0.25) is 0 Å². The number of hydrogen-bond acceptors (Lipinski definition) is 3. The Bertz CT molecular complexity index is 1020. The van der Waals surface area contributed by atoms with E-state index in [-0.39, 0.29) is 11.3 Å².